The van der Waals surface area contributed by atoms with Gasteiger partial charge in [-0.05, 0) is 30.6 Å². The molecule has 0 aliphatic heterocycles. The highest BCUT2D eigenvalue weighted by Gasteiger charge is 2.62. The van der Waals surface area contributed by atoms with Crippen LogP contribution in [0.25, 0.3) is 0 Å². The topological polar surface area (TPSA) is 26.3 Å². The quantitative estimate of drug-likeness (QED) is 0.515. The predicted octanol–water partition coefficient (Wildman–Crippen LogP) is 2.93. The number of carbonyl (C=O) groups is 1. The average molecular weight is 208 g/mol. The van der Waals surface area contributed by atoms with Crippen molar-refractivity contribution in [1.82, 2.24) is 0 Å². The number of ether oxygens (including phenoxy) is 1. The molecule has 84 valence electrons. The molecule has 0 heterocycles. The van der Waals surface area contributed by atoms with Crippen LogP contribution in [0.15, 0.2) is 12.7 Å². The molecule has 2 heteroatoms. The van der Waals surface area contributed by atoms with E-state index in [0.29, 0.717) is 11.3 Å². The molecule has 0 N–H and O–H groups in total. The Hall–Kier alpha value is -0.790. The molecular formula is C13H20O2. The van der Waals surface area contributed by atoms with Gasteiger partial charge in [0.15, 0.2) is 0 Å². The molecule has 2 rings (SSSR count). The first-order valence-corrected chi connectivity index (χ1v) is 5.75. The Morgan fingerprint density at radius 2 is 2.13 bits per heavy atom. The average Bonchev–Trinajstić information content (AvgIpc) is 2.50. The minimum atomic E-state index is -0.274. The third-order valence-electron chi connectivity index (χ3n) is 5.14. The van der Waals surface area contributed by atoms with Crippen LogP contribution in [0.5, 0.6) is 0 Å². The summed E-state index contributed by atoms with van der Waals surface area (Å²) in [6, 6.07) is 0. The first-order valence-electron chi connectivity index (χ1n) is 5.75. The van der Waals surface area contributed by atoms with Crippen LogP contribution >= 0.6 is 0 Å². The molecule has 0 unspecified atom stereocenters. The van der Waals surface area contributed by atoms with E-state index in [1.54, 1.807) is 0 Å². The summed E-state index contributed by atoms with van der Waals surface area (Å²) in [6.45, 7) is 10.3. The molecule has 0 radical (unpaired) electrons. The van der Waals surface area contributed by atoms with Crippen molar-refractivity contribution in [2.45, 2.75) is 46.1 Å². The molecule has 0 aromatic carbocycles. The second kappa shape index (κ2) is 3.10. The molecule has 2 bridgehead atoms. The van der Waals surface area contributed by atoms with Crippen molar-refractivity contribution in [3.63, 3.8) is 0 Å². The van der Waals surface area contributed by atoms with Gasteiger partial charge in [0, 0.05) is 11.5 Å². The Morgan fingerprint density at radius 1 is 1.47 bits per heavy atom. The molecule has 2 fully saturated rings. The maximum absolute atomic E-state index is 11.3. The van der Waals surface area contributed by atoms with Gasteiger partial charge in [-0.2, -0.15) is 0 Å². The highest BCUT2D eigenvalue weighted by molar-refractivity contribution is 5.81. The van der Waals surface area contributed by atoms with E-state index < -0.39 is 0 Å². The zero-order chi connectivity index (χ0) is 11.3. The standard InChI is InChI=1S/C13H20O2/c1-5-11(14)15-10-8-9-6-7-13(10,4)12(9,2)3/h5,9-10H,1,6-8H2,2-4H3/t9-,10+,13+/m1/s1. The molecule has 0 aromatic rings. The lowest BCUT2D eigenvalue weighted by Gasteiger charge is -2.38. The fraction of sp³-hybridized carbons (Fsp3) is 0.769. The number of fused-ring (bicyclic) bond motifs is 2. The minimum Gasteiger partial charge on any atom is -0.459 e. The maximum atomic E-state index is 11.3. The summed E-state index contributed by atoms with van der Waals surface area (Å²) in [5.41, 5.74) is 0.468. The van der Waals surface area contributed by atoms with Crippen molar-refractivity contribution in [1.29, 1.82) is 0 Å². The Morgan fingerprint density at radius 3 is 2.53 bits per heavy atom. The summed E-state index contributed by atoms with van der Waals surface area (Å²) in [4.78, 5) is 11.3. The van der Waals surface area contributed by atoms with E-state index in [4.69, 9.17) is 4.74 Å². The molecule has 3 atom stereocenters. The van der Waals surface area contributed by atoms with Gasteiger partial charge in [0.25, 0.3) is 0 Å². The van der Waals surface area contributed by atoms with E-state index >= 15 is 0 Å². The van der Waals surface area contributed by atoms with Crippen LogP contribution in [0.3, 0.4) is 0 Å². The zero-order valence-corrected chi connectivity index (χ0v) is 9.88. The molecule has 2 aliphatic carbocycles. The van der Waals surface area contributed by atoms with Crippen molar-refractivity contribution >= 4 is 5.97 Å². The van der Waals surface area contributed by atoms with E-state index in [-0.39, 0.29) is 17.5 Å². The van der Waals surface area contributed by atoms with Gasteiger partial charge >= 0.3 is 5.97 Å². The summed E-state index contributed by atoms with van der Waals surface area (Å²) in [6.07, 6.45) is 4.85. The van der Waals surface area contributed by atoms with Gasteiger partial charge in [-0.1, -0.05) is 27.4 Å². The molecule has 0 saturated heterocycles. The van der Waals surface area contributed by atoms with Crippen molar-refractivity contribution < 1.29 is 9.53 Å². The molecule has 0 spiro atoms. The van der Waals surface area contributed by atoms with Crippen LogP contribution in [0.4, 0.5) is 0 Å². The summed E-state index contributed by atoms with van der Waals surface area (Å²) in [5.74, 6) is 0.440. The van der Waals surface area contributed by atoms with E-state index in [2.05, 4.69) is 27.4 Å². The molecule has 2 nitrogen and oxygen atoms in total. The molecule has 2 aliphatic rings. The van der Waals surface area contributed by atoms with Crippen LogP contribution in [0.2, 0.25) is 0 Å². The third kappa shape index (κ3) is 1.27. The van der Waals surface area contributed by atoms with Gasteiger partial charge in [-0.25, -0.2) is 4.79 Å². The molecule has 0 aromatic heterocycles. The molecule has 15 heavy (non-hydrogen) atoms. The van der Waals surface area contributed by atoms with E-state index in [0.717, 1.165) is 6.42 Å². The lowest BCUT2D eigenvalue weighted by atomic mass is 9.70. The molecule has 2 saturated carbocycles. The van der Waals surface area contributed by atoms with Crippen LogP contribution in [-0.4, -0.2) is 12.1 Å². The fourth-order valence-electron chi connectivity index (χ4n) is 3.50. The van der Waals surface area contributed by atoms with Gasteiger partial charge in [0.2, 0.25) is 0 Å². The van der Waals surface area contributed by atoms with Gasteiger partial charge < -0.3 is 4.74 Å². The fourth-order valence-corrected chi connectivity index (χ4v) is 3.50. The predicted molar refractivity (Wildman–Crippen MR) is 59.3 cm³/mol. The SMILES string of the molecule is C=CC(=O)O[C@H]1C[C@H]2CC[C@]1(C)C2(C)C. The number of hydrogen-bond acceptors (Lipinski definition) is 2. The van der Waals surface area contributed by atoms with Gasteiger partial charge in [0.05, 0.1) is 0 Å². The number of hydrogen-bond donors (Lipinski definition) is 0. The smallest absolute Gasteiger partial charge is 0.330 e. The summed E-state index contributed by atoms with van der Waals surface area (Å²) >= 11 is 0. The Labute approximate surface area is 91.7 Å². The second-order valence-corrected chi connectivity index (χ2v) is 5.74. The van der Waals surface area contributed by atoms with Crippen molar-refractivity contribution in [2.75, 3.05) is 0 Å². The summed E-state index contributed by atoms with van der Waals surface area (Å²) in [5, 5.41) is 0. The Kier molecular flexibility index (Phi) is 2.21. The van der Waals surface area contributed by atoms with Crippen molar-refractivity contribution in [3.05, 3.63) is 12.7 Å². The van der Waals surface area contributed by atoms with Crippen molar-refractivity contribution in [3.8, 4) is 0 Å². The molecule has 0 amide bonds. The van der Waals surface area contributed by atoms with Crippen LogP contribution < -0.4 is 0 Å². The number of rotatable bonds is 2. The highest BCUT2D eigenvalue weighted by Crippen LogP contribution is 2.66. The van der Waals surface area contributed by atoms with Gasteiger partial charge in [-0.15, -0.1) is 0 Å². The monoisotopic (exact) mass is 208 g/mol. The Balaban J connectivity index is 2.19. The maximum Gasteiger partial charge on any atom is 0.330 e. The number of carbonyl (C=O) groups excluding carboxylic acids is 1. The van der Waals surface area contributed by atoms with Gasteiger partial charge in [0.1, 0.15) is 6.10 Å². The van der Waals surface area contributed by atoms with Crippen LogP contribution in [0.1, 0.15) is 40.0 Å². The summed E-state index contributed by atoms with van der Waals surface area (Å²) in [7, 11) is 0. The van der Waals surface area contributed by atoms with E-state index in [1.165, 1.54) is 18.9 Å². The minimum absolute atomic E-state index is 0.0942. The van der Waals surface area contributed by atoms with Crippen LogP contribution in [-0.2, 0) is 9.53 Å². The van der Waals surface area contributed by atoms with Gasteiger partial charge in [-0.3, -0.25) is 0 Å². The van der Waals surface area contributed by atoms with Crippen molar-refractivity contribution in [2.24, 2.45) is 16.7 Å². The lowest BCUT2D eigenvalue weighted by Crippen LogP contribution is -2.38. The summed E-state index contributed by atoms with van der Waals surface area (Å²) < 4.78 is 5.48. The largest absolute Gasteiger partial charge is 0.459 e. The lowest BCUT2D eigenvalue weighted by molar-refractivity contribution is -0.150. The molecular weight excluding hydrogens is 188 g/mol. The first-order chi connectivity index (χ1) is 6.91. The zero-order valence-electron chi connectivity index (χ0n) is 9.88. The number of esters is 1. The van der Waals surface area contributed by atoms with E-state index in [1.807, 2.05) is 0 Å². The van der Waals surface area contributed by atoms with Crippen LogP contribution in [0, 0.1) is 16.7 Å². The highest BCUT2D eigenvalue weighted by atomic mass is 16.5. The van der Waals surface area contributed by atoms with E-state index in [9.17, 15) is 4.79 Å². The third-order valence-corrected chi connectivity index (χ3v) is 5.14. The normalized spacial score (nSPS) is 41.5. The first kappa shape index (κ1) is 10.7. The Bertz CT molecular complexity index is 306. The second-order valence-electron chi connectivity index (χ2n) is 5.74.